The lowest BCUT2D eigenvalue weighted by Crippen LogP contribution is -2.31. The summed E-state index contributed by atoms with van der Waals surface area (Å²) in [6.45, 7) is 0.898. The van der Waals surface area contributed by atoms with Gasteiger partial charge in [0.1, 0.15) is 0 Å². The Balaban J connectivity index is 1.68. The molecule has 2 heterocycles. The molecule has 1 saturated heterocycles. The normalized spacial score (nSPS) is 26.3. The van der Waals surface area contributed by atoms with E-state index in [-0.39, 0.29) is 6.04 Å². The molecule has 0 aromatic carbocycles. The molecule has 1 amide bonds. The number of hydrogen-bond acceptors (Lipinski definition) is 2. The predicted molar refractivity (Wildman–Crippen MR) is 73.4 cm³/mol. The Morgan fingerprint density at radius 1 is 1.47 bits per heavy atom. The van der Waals surface area contributed by atoms with Crippen molar-refractivity contribution in [3.05, 3.63) is 30.1 Å². The Labute approximate surface area is 114 Å². The van der Waals surface area contributed by atoms with Gasteiger partial charge in [-0.15, -0.1) is 0 Å². The van der Waals surface area contributed by atoms with Crippen LogP contribution in [0.1, 0.15) is 43.7 Å². The van der Waals surface area contributed by atoms with Gasteiger partial charge in [-0.25, -0.2) is 0 Å². The molecule has 3 rings (SSSR count). The van der Waals surface area contributed by atoms with Crippen LogP contribution in [-0.4, -0.2) is 27.1 Å². The predicted octanol–water partition coefficient (Wildman–Crippen LogP) is 2.44. The van der Waals surface area contributed by atoms with Crippen molar-refractivity contribution in [2.75, 3.05) is 6.54 Å². The molecule has 1 aromatic heterocycles. The third kappa shape index (κ3) is 2.57. The zero-order valence-electron chi connectivity index (χ0n) is 11.5. The number of aryl methyl sites for hydroxylation is 1. The minimum absolute atomic E-state index is 0.242. The number of allylic oxidation sites excluding steroid dienone is 2. The van der Waals surface area contributed by atoms with Crippen molar-refractivity contribution in [1.29, 1.82) is 0 Å². The van der Waals surface area contributed by atoms with Crippen LogP contribution in [0.3, 0.4) is 0 Å². The van der Waals surface area contributed by atoms with Gasteiger partial charge in [0.2, 0.25) is 5.91 Å². The number of amides is 1. The first-order chi connectivity index (χ1) is 9.24. The van der Waals surface area contributed by atoms with Gasteiger partial charge in [-0.05, 0) is 31.6 Å². The summed E-state index contributed by atoms with van der Waals surface area (Å²) in [5, 5.41) is 4.23. The van der Waals surface area contributed by atoms with Crippen LogP contribution in [0.2, 0.25) is 0 Å². The van der Waals surface area contributed by atoms with Gasteiger partial charge in [0.05, 0.1) is 12.2 Å². The highest BCUT2D eigenvalue weighted by Gasteiger charge is 2.31. The summed E-state index contributed by atoms with van der Waals surface area (Å²) in [6, 6.07) is 0.242. The maximum absolute atomic E-state index is 12.5. The topological polar surface area (TPSA) is 38.1 Å². The van der Waals surface area contributed by atoms with Gasteiger partial charge in [0.15, 0.2) is 0 Å². The second kappa shape index (κ2) is 5.19. The fourth-order valence-corrected chi connectivity index (χ4v) is 3.23. The number of rotatable bonds is 3. The smallest absolute Gasteiger partial charge is 0.223 e. The molecular weight excluding hydrogens is 238 g/mol. The Morgan fingerprint density at radius 2 is 2.37 bits per heavy atom. The van der Waals surface area contributed by atoms with Crippen molar-refractivity contribution in [2.45, 2.75) is 38.1 Å². The zero-order chi connectivity index (χ0) is 13.2. The van der Waals surface area contributed by atoms with E-state index in [1.807, 2.05) is 24.1 Å². The number of likely N-dealkylation sites (tertiary alicyclic amines) is 1. The fraction of sp³-hybridized carbons (Fsp3) is 0.600. The molecule has 1 aromatic rings. The second-order valence-electron chi connectivity index (χ2n) is 5.66. The van der Waals surface area contributed by atoms with Crippen LogP contribution in [0.5, 0.6) is 0 Å². The molecule has 1 aliphatic carbocycles. The van der Waals surface area contributed by atoms with Gasteiger partial charge in [0.25, 0.3) is 0 Å². The average molecular weight is 259 g/mol. The lowest BCUT2D eigenvalue weighted by atomic mass is 10.0. The molecule has 1 aliphatic heterocycles. The van der Waals surface area contributed by atoms with Crippen molar-refractivity contribution >= 4 is 5.91 Å². The minimum Gasteiger partial charge on any atom is -0.336 e. The summed E-state index contributed by atoms with van der Waals surface area (Å²) in [5.74, 6) is 0.769. The number of aromatic nitrogens is 2. The fourth-order valence-electron chi connectivity index (χ4n) is 3.23. The van der Waals surface area contributed by atoms with Gasteiger partial charge in [-0.1, -0.05) is 12.2 Å². The van der Waals surface area contributed by atoms with Crippen molar-refractivity contribution in [3.63, 3.8) is 0 Å². The average Bonchev–Trinajstić information content (AvgIpc) is 3.07. The molecule has 0 spiro atoms. The van der Waals surface area contributed by atoms with Crippen LogP contribution in [-0.2, 0) is 11.8 Å². The molecule has 0 bridgehead atoms. The Kier molecular flexibility index (Phi) is 3.40. The van der Waals surface area contributed by atoms with E-state index in [1.54, 1.807) is 0 Å². The van der Waals surface area contributed by atoms with Crippen molar-refractivity contribution < 1.29 is 4.79 Å². The second-order valence-corrected chi connectivity index (χ2v) is 5.66. The largest absolute Gasteiger partial charge is 0.336 e. The minimum atomic E-state index is 0.242. The maximum Gasteiger partial charge on any atom is 0.223 e. The van der Waals surface area contributed by atoms with Gasteiger partial charge in [-0.3, -0.25) is 9.48 Å². The van der Waals surface area contributed by atoms with Crippen molar-refractivity contribution in [1.82, 2.24) is 14.7 Å². The van der Waals surface area contributed by atoms with Crippen molar-refractivity contribution in [2.24, 2.45) is 13.0 Å². The van der Waals surface area contributed by atoms with Gasteiger partial charge < -0.3 is 4.90 Å². The van der Waals surface area contributed by atoms with E-state index >= 15 is 0 Å². The summed E-state index contributed by atoms with van der Waals surface area (Å²) in [7, 11) is 1.92. The van der Waals surface area contributed by atoms with Gasteiger partial charge in [-0.2, -0.15) is 5.10 Å². The first-order valence-corrected chi connectivity index (χ1v) is 7.19. The highest BCUT2D eigenvalue weighted by Crippen LogP contribution is 2.33. The Bertz CT molecular complexity index is 491. The quantitative estimate of drug-likeness (QED) is 0.782. The van der Waals surface area contributed by atoms with E-state index in [1.165, 1.54) is 5.56 Å². The summed E-state index contributed by atoms with van der Waals surface area (Å²) in [6.07, 6.45) is 13.4. The first kappa shape index (κ1) is 12.5. The lowest BCUT2D eigenvalue weighted by molar-refractivity contribution is -0.132. The summed E-state index contributed by atoms with van der Waals surface area (Å²) in [5.41, 5.74) is 1.18. The van der Waals surface area contributed by atoms with E-state index < -0.39 is 0 Å². The van der Waals surface area contributed by atoms with Crippen molar-refractivity contribution in [3.8, 4) is 0 Å². The number of carbonyl (C=O) groups excluding carboxylic acids is 1. The Hall–Kier alpha value is -1.58. The molecule has 0 unspecified atom stereocenters. The SMILES string of the molecule is Cn1cc([C@H]2CCCN2C(=O)C[C@@H]2C=CCC2)cn1. The van der Waals surface area contributed by atoms with E-state index in [9.17, 15) is 4.79 Å². The molecular formula is C15H21N3O. The third-order valence-corrected chi connectivity index (χ3v) is 4.23. The number of hydrogen-bond donors (Lipinski definition) is 0. The van der Waals surface area contributed by atoms with Crippen LogP contribution < -0.4 is 0 Å². The van der Waals surface area contributed by atoms with Crippen LogP contribution in [0, 0.1) is 5.92 Å². The number of carbonyl (C=O) groups is 1. The van der Waals surface area contributed by atoms with E-state index in [0.717, 1.165) is 32.2 Å². The molecule has 2 aliphatic rings. The molecule has 4 heteroatoms. The van der Waals surface area contributed by atoms with Crippen LogP contribution in [0.15, 0.2) is 24.5 Å². The summed E-state index contributed by atoms with van der Waals surface area (Å²) in [4.78, 5) is 14.5. The van der Waals surface area contributed by atoms with E-state index in [4.69, 9.17) is 0 Å². The number of nitrogens with zero attached hydrogens (tertiary/aromatic N) is 3. The van der Waals surface area contributed by atoms with Crippen LogP contribution in [0.25, 0.3) is 0 Å². The maximum atomic E-state index is 12.5. The molecule has 0 saturated carbocycles. The summed E-state index contributed by atoms with van der Waals surface area (Å²) >= 11 is 0. The van der Waals surface area contributed by atoms with Crippen LogP contribution >= 0.6 is 0 Å². The third-order valence-electron chi connectivity index (χ3n) is 4.23. The molecule has 0 N–H and O–H groups in total. The molecule has 102 valence electrons. The molecule has 0 radical (unpaired) electrons. The van der Waals surface area contributed by atoms with Gasteiger partial charge in [0, 0.05) is 31.8 Å². The van der Waals surface area contributed by atoms with Gasteiger partial charge >= 0.3 is 0 Å². The molecule has 1 fully saturated rings. The summed E-state index contributed by atoms with van der Waals surface area (Å²) < 4.78 is 1.82. The standard InChI is InChI=1S/C15H21N3O/c1-17-11-13(10-16-17)14-7-4-8-18(14)15(19)9-12-5-2-3-6-12/h2,5,10-12,14H,3-4,6-9H2,1H3/t12-,14-/m1/s1. The Morgan fingerprint density at radius 3 is 3.05 bits per heavy atom. The lowest BCUT2D eigenvalue weighted by Gasteiger charge is -2.25. The van der Waals surface area contributed by atoms with Crippen LogP contribution in [0.4, 0.5) is 0 Å². The highest BCUT2D eigenvalue weighted by molar-refractivity contribution is 5.77. The molecule has 19 heavy (non-hydrogen) atoms. The zero-order valence-corrected chi connectivity index (χ0v) is 11.5. The molecule has 4 nitrogen and oxygen atoms in total. The molecule has 2 atom stereocenters. The monoisotopic (exact) mass is 259 g/mol. The first-order valence-electron chi connectivity index (χ1n) is 7.19. The van der Waals surface area contributed by atoms with E-state index in [2.05, 4.69) is 22.2 Å². The van der Waals surface area contributed by atoms with E-state index in [0.29, 0.717) is 18.2 Å². The highest BCUT2D eigenvalue weighted by atomic mass is 16.2.